The molecule has 1 N–H and O–H groups in total. The first-order chi connectivity index (χ1) is 10.1. The summed E-state index contributed by atoms with van der Waals surface area (Å²) in [5, 5.41) is 9.45. The first kappa shape index (κ1) is 13.2. The summed E-state index contributed by atoms with van der Waals surface area (Å²) in [6.07, 6.45) is 0. The van der Waals surface area contributed by atoms with E-state index in [9.17, 15) is 18.7 Å². The van der Waals surface area contributed by atoms with Crippen LogP contribution in [0.3, 0.4) is 0 Å². The van der Waals surface area contributed by atoms with Crippen molar-refractivity contribution in [3.8, 4) is 11.3 Å². The number of nitrogens with zero attached hydrogens (tertiary/aromatic N) is 1. The van der Waals surface area contributed by atoms with Crippen LogP contribution in [0.2, 0.25) is 0 Å². The van der Waals surface area contributed by atoms with Crippen molar-refractivity contribution in [2.24, 2.45) is 0 Å². The Morgan fingerprint density at radius 3 is 2.43 bits per heavy atom. The largest absolute Gasteiger partial charge is 0.478 e. The lowest BCUT2D eigenvalue weighted by Crippen LogP contribution is -2.02. The Labute approximate surface area is 118 Å². The molecule has 3 rings (SSSR count). The molecule has 1 aromatic heterocycles. The molecule has 1 heterocycles. The first-order valence-electron chi connectivity index (χ1n) is 6.15. The van der Waals surface area contributed by atoms with Gasteiger partial charge in [0.1, 0.15) is 17.2 Å². The van der Waals surface area contributed by atoms with Crippen molar-refractivity contribution in [2.45, 2.75) is 0 Å². The standard InChI is InChI=1S/C16H9F2NO2/c17-12-6-2-1-4-10(12)14-8-11(16(20)21)9-5-3-7-13(18)15(9)19-14/h1-8H,(H,20,21). The monoisotopic (exact) mass is 285 g/mol. The van der Waals surface area contributed by atoms with Crippen LogP contribution in [0.5, 0.6) is 0 Å². The molecule has 21 heavy (non-hydrogen) atoms. The Kier molecular flexibility index (Phi) is 3.10. The Morgan fingerprint density at radius 2 is 1.71 bits per heavy atom. The third kappa shape index (κ3) is 2.23. The van der Waals surface area contributed by atoms with Crippen LogP contribution in [0.1, 0.15) is 10.4 Å². The molecule has 0 aliphatic heterocycles. The van der Waals surface area contributed by atoms with Crippen LogP contribution in [-0.2, 0) is 0 Å². The molecule has 0 aliphatic carbocycles. The summed E-state index contributed by atoms with van der Waals surface area (Å²) in [4.78, 5) is 15.4. The van der Waals surface area contributed by atoms with E-state index in [1.54, 1.807) is 6.07 Å². The molecule has 0 saturated heterocycles. The number of aromatic carboxylic acids is 1. The molecular weight excluding hydrogens is 276 g/mol. The number of carboxylic acids is 1. The fourth-order valence-electron chi connectivity index (χ4n) is 2.20. The van der Waals surface area contributed by atoms with Crippen molar-refractivity contribution >= 4 is 16.9 Å². The van der Waals surface area contributed by atoms with Crippen LogP contribution in [0.25, 0.3) is 22.2 Å². The number of aromatic nitrogens is 1. The van der Waals surface area contributed by atoms with Gasteiger partial charge >= 0.3 is 5.97 Å². The topological polar surface area (TPSA) is 50.2 Å². The predicted octanol–water partition coefficient (Wildman–Crippen LogP) is 3.88. The van der Waals surface area contributed by atoms with Crippen LogP contribution in [0.15, 0.2) is 48.5 Å². The number of halogens is 2. The van der Waals surface area contributed by atoms with Gasteiger partial charge in [-0.05, 0) is 24.3 Å². The molecule has 0 radical (unpaired) electrons. The molecule has 3 aromatic rings. The molecule has 2 aromatic carbocycles. The van der Waals surface area contributed by atoms with Crippen molar-refractivity contribution in [2.75, 3.05) is 0 Å². The zero-order valence-electron chi connectivity index (χ0n) is 10.7. The number of pyridine rings is 1. The second-order valence-corrected chi connectivity index (χ2v) is 4.48. The van der Waals surface area contributed by atoms with E-state index in [-0.39, 0.29) is 27.7 Å². The van der Waals surface area contributed by atoms with Crippen molar-refractivity contribution in [1.82, 2.24) is 4.98 Å². The molecule has 0 amide bonds. The van der Waals surface area contributed by atoms with Gasteiger partial charge in [0, 0.05) is 10.9 Å². The number of hydrogen-bond acceptors (Lipinski definition) is 2. The maximum atomic E-state index is 13.9. The van der Waals surface area contributed by atoms with E-state index in [2.05, 4.69) is 4.98 Å². The van der Waals surface area contributed by atoms with E-state index < -0.39 is 17.6 Å². The Bertz CT molecular complexity index is 862. The van der Waals surface area contributed by atoms with Crippen molar-refractivity contribution in [3.63, 3.8) is 0 Å². The van der Waals surface area contributed by atoms with Crippen LogP contribution in [-0.4, -0.2) is 16.1 Å². The summed E-state index contributed by atoms with van der Waals surface area (Å²) in [6.45, 7) is 0. The highest BCUT2D eigenvalue weighted by atomic mass is 19.1. The smallest absolute Gasteiger partial charge is 0.336 e. The SMILES string of the molecule is O=C(O)c1cc(-c2ccccc2F)nc2c(F)cccc12. The van der Waals surface area contributed by atoms with E-state index in [1.165, 1.54) is 42.5 Å². The van der Waals surface area contributed by atoms with E-state index >= 15 is 0 Å². The minimum absolute atomic E-state index is 0.0862. The van der Waals surface area contributed by atoms with E-state index in [0.717, 1.165) is 0 Å². The van der Waals surface area contributed by atoms with Crippen molar-refractivity contribution in [1.29, 1.82) is 0 Å². The van der Waals surface area contributed by atoms with Crippen molar-refractivity contribution in [3.05, 3.63) is 65.7 Å². The molecule has 0 bridgehead atoms. The number of rotatable bonds is 2. The van der Waals surface area contributed by atoms with Gasteiger partial charge in [-0.25, -0.2) is 18.6 Å². The van der Waals surface area contributed by atoms with Crippen LogP contribution in [0, 0.1) is 11.6 Å². The lowest BCUT2D eigenvalue weighted by atomic mass is 10.0. The second-order valence-electron chi connectivity index (χ2n) is 4.48. The quantitative estimate of drug-likeness (QED) is 0.777. The molecule has 0 fully saturated rings. The van der Waals surface area contributed by atoms with Gasteiger partial charge in [-0.15, -0.1) is 0 Å². The number of fused-ring (bicyclic) bond motifs is 1. The Balaban J connectivity index is 2.38. The molecule has 3 nitrogen and oxygen atoms in total. The fourth-order valence-corrected chi connectivity index (χ4v) is 2.20. The highest BCUT2D eigenvalue weighted by Gasteiger charge is 2.16. The Morgan fingerprint density at radius 1 is 1.00 bits per heavy atom. The van der Waals surface area contributed by atoms with Gasteiger partial charge in [-0.3, -0.25) is 0 Å². The summed E-state index contributed by atoms with van der Waals surface area (Å²) >= 11 is 0. The molecular formula is C16H9F2NO2. The van der Waals surface area contributed by atoms with Crippen LogP contribution < -0.4 is 0 Å². The fraction of sp³-hybridized carbons (Fsp3) is 0. The molecule has 0 saturated carbocycles. The number of para-hydroxylation sites is 1. The van der Waals surface area contributed by atoms with E-state index in [1.807, 2.05) is 0 Å². The highest BCUT2D eigenvalue weighted by Crippen LogP contribution is 2.27. The summed E-state index contributed by atoms with van der Waals surface area (Å²) in [6, 6.07) is 11.1. The highest BCUT2D eigenvalue weighted by molar-refractivity contribution is 6.03. The maximum Gasteiger partial charge on any atom is 0.336 e. The lowest BCUT2D eigenvalue weighted by molar-refractivity contribution is 0.0699. The molecule has 5 heteroatoms. The van der Waals surface area contributed by atoms with Gasteiger partial charge in [-0.1, -0.05) is 24.3 Å². The average Bonchev–Trinajstić information content (AvgIpc) is 2.47. The minimum Gasteiger partial charge on any atom is -0.478 e. The van der Waals surface area contributed by atoms with Gasteiger partial charge < -0.3 is 5.11 Å². The predicted molar refractivity (Wildman–Crippen MR) is 74.1 cm³/mol. The number of benzene rings is 2. The van der Waals surface area contributed by atoms with Gasteiger partial charge in [0.2, 0.25) is 0 Å². The number of carboxylic acid groups (broad SMARTS) is 1. The molecule has 0 spiro atoms. The zero-order valence-corrected chi connectivity index (χ0v) is 10.7. The molecule has 0 unspecified atom stereocenters. The summed E-state index contributed by atoms with van der Waals surface area (Å²) in [7, 11) is 0. The maximum absolute atomic E-state index is 13.9. The molecule has 0 aliphatic rings. The van der Waals surface area contributed by atoms with Gasteiger partial charge in [0.05, 0.1) is 11.3 Å². The van der Waals surface area contributed by atoms with Gasteiger partial charge in [0.25, 0.3) is 0 Å². The summed E-state index contributed by atoms with van der Waals surface area (Å²) in [5.41, 5.74) is 0.0154. The molecule has 104 valence electrons. The zero-order chi connectivity index (χ0) is 15.0. The van der Waals surface area contributed by atoms with Gasteiger partial charge in [-0.2, -0.15) is 0 Å². The summed E-state index contributed by atoms with van der Waals surface area (Å²) in [5.74, 6) is -2.41. The van der Waals surface area contributed by atoms with Gasteiger partial charge in [0.15, 0.2) is 0 Å². The van der Waals surface area contributed by atoms with E-state index in [4.69, 9.17) is 0 Å². The normalized spacial score (nSPS) is 10.8. The third-order valence-corrected chi connectivity index (χ3v) is 3.17. The molecule has 0 atom stereocenters. The first-order valence-corrected chi connectivity index (χ1v) is 6.15. The summed E-state index contributed by atoms with van der Waals surface area (Å²) < 4.78 is 27.7. The van der Waals surface area contributed by atoms with Crippen LogP contribution >= 0.6 is 0 Å². The second kappa shape index (κ2) is 4.94. The number of hydrogen-bond donors (Lipinski definition) is 1. The lowest BCUT2D eigenvalue weighted by Gasteiger charge is -2.08. The Hall–Kier alpha value is -2.82. The average molecular weight is 285 g/mol. The van der Waals surface area contributed by atoms with Crippen LogP contribution in [0.4, 0.5) is 8.78 Å². The van der Waals surface area contributed by atoms with E-state index in [0.29, 0.717) is 0 Å². The number of carbonyl (C=O) groups is 1. The minimum atomic E-state index is -1.22. The van der Waals surface area contributed by atoms with Crippen molar-refractivity contribution < 1.29 is 18.7 Å². The third-order valence-electron chi connectivity index (χ3n) is 3.17.